The molecule has 2 heterocycles. The molecule has 0 radical (unpaired) electrons. The van der Waals surface area contributed by atoms with Crippen LogP contribution in [0.3, 0.4) is 0 Å². The van der Waals surface area contributed by atoms with Crippen molar-refractivity contribution < 1.29 is 9.90 Å². The Kier molecular flexibility index (Phi) is 2.76. The lowest BCUT2D eigenvalue weighted by molar-refractivity contribution is -0.135. The van der Waals surface area contributed by atoms with Gasteiger partial charge in [0.05, 0.1) is 18.1 Å². The molecule has 88 valence electrons. The second kappa shape index (κ2) is 3.94. The van der Waals surface area contributed by atoms with E-state index >= 15 is 0 Å². The number of carbonyl (C=O) groups is 1. The van der Waals surface area contributed by atoms with E-state index in [9.17, 15) is 9.90 Å². The van der Waals surface area contributed by atoms with Gasteiger partial charge in [-0.3, -0.25) is 4.79 Å². The van der Waals surface area contributed by atoms with Crippen molar-refractivity contribution in [1.82, 2.24) is 9.88 Å². The average Bonchev–Trinajstić information content (AvgIpc) is 2.77. The second-order valence-corrected chi connectivity index (χ2v) is 4.90. The van der Waals surface area contributed by atoms with Crippen molar-refractivity contribution in [3.8, 4) is 0 Å². The van der Waals surface area contributed by atoms with Crippen molar-refractivity contribution in [2.45, 2.75) is 38.3 Å². The summed E-state index contributed by atoms with van der Waals surface area (Å²) in [5.74, 6) is 0.0844. The quantitative estimate of drug-likeness (QED) is 0.782. The number of aliphatic hydroxyl groups is 1. The van der Waals surface area contributed by atoms with Crippen LogP contribution in [0.5, 0.6) is 0 Å². The molecule has 2 rings (SSSR count). The van der Waals surface area contributed by atoms with Crippen LogP contribution >= 0.6 is 0 Å². The van der Waals surface area contributed by atoms with Crippen LogP contribution in [0.15, 0.2) is 18.5 Å². The summed E-state index contributed by atoms with van der Waals surface area (Å²) in [7, 11) is 0. The van der Waals surface area contributed by atoms with Gasteiger partial charge in [0.2, 0.25) is 5.91 Å². The molecule has 1 aromatic heterocycles. The van der Waals surface area contributed by atoms with E-state index in [1.54, 1.807) is 4.90 Å². The lowest BCUT2D eigenvalue weighted by atomic mass is 9.98. The summed E-state index contributed by atoms with van der Waals surface area (Å²) in [4.78, 5) is 16.8. The highest BCUT2D eigenvalue weighted by Gasteiger charge is 2.42. The number of hydrogen-bond acceptors (Lipinski definition) is 2. The number of rotatable bonds is 2. The summed E-state index contributed by atoms with van der Waals surface area (Å²) in [6.45, 7) is 4.48. The van der Waals surface area contributed by atoms with Gasteiger partial charge in [0.25, 0.3) is 0 Å². The van der Waals surface area contributed by atoms with E-state index in [4.69, 9.17) is 0 Å². The molecule has 1 saturated heterocycles. The van der Waals surface area contributed by atoms with Gasteiger partial charge < -0.3 is 15.0 Å². The maximum Gasteiger partial charge on any atom is 0.227 e. The molecule has 1 aliphatic heterocycles. The number of nitrogens with one attached hydrogen (secondary N) is 1. The number of aliphatic hydroxyl groups excluding tert-OH is 1. The molecular formula is C12H18N2O2. The fourth-order valence-corrected chi connectivity index (χ4v) is 2.26. The third-order valence-corrected chi connectivity index (χ3v) is 3.46. The van der Waals surface area contributed by atoms with Crippen molar-refractivity contribution in [2.75, 3.05) is 6.54 Å². The molecule has 2 N–H and O–H groups in total. The minimum atomic E-state index is -0.437. The number of carbonyl (C=O) groups excluding carboxylic acids is 1. The summed E-state index contributed by atoms with van der Waals surface area (Å²) < 4.78 is 0. The second-order valence-electron chi connectivity index (χ2n) is 4.90. The van der Waals surface area contributed by atoms with E-state index in [2.05, 4.69) is 4.98 Å². The fraction of sp³-hybridized carbons (Fsp3) is 0.583. The van der Waals surface area contributed by atoms with Crippen LogP contribution in [0.1, 0.15) is 25.8 Å². The lowest BCUT2D eigenvalue weighted by Crippen LogP contribution is -2.48. The van der Waals surface area contributed by atoms with E-state index in [0.717, 1.165) is 5.56 Å². The Morgan fingerprint density at radius 3 is 2.94 bits per heavy atom. The largest absolute Gasteiger partial charge is 0.391 e. The number of amides is 1. The van der Waals surface area contributed by atoms with E-state index < -0.39 is 11.6 Å². The molecule has 0 aliphatic carbocycles. The van der Waals surface area contributed by atoms with Gasteiger partial charge in [-0.15, -0.1) is 0 Å². The normalized spacial score (nSPS) is 23.7. The Hall–Kier alpha value is -1.29. The summed E-state index contributed by atoms with van der Waals surface area (Å²) in [6, 6.07) is 1.90. The maximum atomic E-state index is 12.1. The van der Waals surface area contributed by atoms with Gasteiger partial charge in [-0.1, -0.05) is 0 Å². The van der Waals surface area contributed by atoms with Crippen LogP contribution in [0, 0.1) is 0 Å². The minimum absolute atomic E-state index is 0.0844. The smallest absolute Gasteiger partial charge is 0.227 e. The Labute approximate surface area is 95.3 Å². The first-order valence-electron chi connectivity index (χ1n) is 5.62. The number of H-pyrrole nitrogens is 1. The van der Waals surface area contributed by atoms with Crippen molar-refractivity contribution in [3.63, 3.8) is 0 Å². The standard InChI is InChI=1S/C12H18N2O2/c1-12(2)10(15)4-6-14(12)11(16)7-9-3-5-13-8-9/h3,5,8,10,13,15H,4,6-7H2,1-2H3. The highest BCUT2D eigenvalue weighted by Crippen LogP contribution is 2.29. The van der Waals surface area contributed by atoms with Crippen molar-refractivity contribution in [1.29, 1.82) is 0 Å². The molecule has 0 aromatic carbocycles. The maximum absolute atomic E-state index is 12.1. The van der Waals surface area contributed by atoms with E-state index in [-0.39, 0.29) is 5.91 Å². The number of nitrogens with zero attached hydrogens (tertiary/aromatic N) is 1. The first kappa shape index (κ1) is 11.2. The van der Waals surface area contributed by atoms with Gasteiger partial charge in [0, 0.05) is 18.9 Å². The molecule has 1 unspecified atom stereocenters. The zero-order valence-corrected chi connectivity index (χ0v) is 9.73. The average molecular weight is 222 g/mol. The predicted octanol–water partition coefficient (Wildman–Crippen LogP) is 0.929. The molecule has 16 heavy (non-hydrogen) atoms. The zero-order valence-electron chi connectivity index (χ0n) is 9.73. The summed E-state index contributed by atoms with van der Waals surface area (Å²) in [5, 5.41) is 9.80. The highest BCUT2D eigenvalue weighted by atomic mass is 16.3. The van der Waals surface area contributed by atoms with Gasteiger partial charge in [-0.25, -0.2) is 0 Å². The fourth-order valence-electron chi connectivity index (χ4n) is 2.26. The van der Waals surface area contributed by atoms with Crippen molar-refractivity contribution >= 4 is 5.91 Å². The number of likely N-dealkylation sites (tertiary alicyclic amines) is 1. The molecule has 1 atom stereocenters. The topological polar surface area (TPSA) is 56.3 Å². The first-order valence-corrected chi connectivity index (χ1v) is 5.62. The van der Waals surface area contributed by atoms with Gasteiger partial charge in [0.1, 0.15) is 0 Å². The molecule has 1 aromatic rings. The van der Waals surface area contributed by atoms with E-state index in [1.807, 2.05) is 32.3 Å². The molecule has 0 spiro atoms. The highest BCUT2D eigenvalue weighted by molar-refractivity contribution is 5.79. The van der Waals surface area contributed by atoms with E-state index in [1.165, 1.54) is 0 Å². The number of hydrogen-bond donors (Lipinski definition) is 2. The molecule has 0 bridgehead atoms. The molecule has 0 saturated carbocycles. The van der Waals surface area contributed by atoms with Crippen LogP contribution < -0.4 is 0 Å². The van der Waals surface area contributed by atoms with E-state index in [0.29, 0.717) is 19.4 Å². The number of aromatic amines is 1. The molecular weight excluding hydrogens is 204 g/mol. The van der Waals surface area contributed by atoms with Crippen LogP contribution in [0.25, 0.3) is 0 Å². The Bertz CT molecular complexity index is 370. The zero-order chi connectivity index (χ0) is 11.8. The van der Waals surface area contributed by atoms with Crippen LogP contribution in [0.4, 0.5) is 0 Å². The third-order valence-electron chi connectivity index (χ3n) is 3.46. The monoisotopic (exact) mass is 222 g/mol. The van der Waals surface area contributed by atoms with Crippen LogP contribution in [-0.2, 0) is 11.2 Å². The summed E-state index contributed by atoms with van der Waals surface area (Å²) in [6.07, 6.45) is 4.30. The molecule has 4 nitrogen and oxygen atoms in total. The number of aromatic nitrogens is 1. The lowest BCUT2D eigenvalue weighted by Gasteiger charge is -2.33. The summed E-state index contributed by atoms with van der Waals surface area (Å²) >= 11 is 0. The molecule has 1 amide bonds. The summed E-state index contributed by atoms with van der Waals surface area (Å²) in [5.41, 5.74) is 0.551. The minimum Gasteiger partial charge on any atom is -0.391 e. The Morgan fingerprint density at radius 1 is 1.69 bits per heavy atom. The van der Waals surface area contributed by atoms with Gasteiger partial charge in [-0.2, -0.15) is 0 Å². The van der Waals surface area contributed by atoms with Gasteiger partial charge >= 0.3 is 0 Å². The first-order chi connectivity index (χ1) is 7.51. The third kappa shape index (κ3) is 1.85. The molecule has 1 aliphatic rings. The molecule has 1 fully saturated rings. The van der Waals surface area contributed by atoms with Crippen LogP contribution in [0.2, 0.25) is 0 Å². The van der Waals surface area contributed by atoms with Crippen molar-refractivity contribution in [2.24, 2.45) is 0 Å². The Balaban J connectivity index is 2.06. The SMILES string of the molecule is CC1(C)C(O)CCN1C(=O)Cc1cc[nH]c1. The van der Waals surface area contributed by atoms with Crippen molar-refractivity contribution in [3.05, 3.63) is 24.0 Å². The van der Waals surface area contributed by atoms with Crippen LogP contribution in [-0.4, -0.2) is 39.1 Å². The molecule has 4 heteroatoms. The van der Waals surface area contributed by atoms with Gasteiger partial charge in [0.15, 0.2) is 0 Å². The Morgan fingerprint density at radius 2 is 2.44 bits per heavy atom. The van der Waals surface area contributed by atoms with Gasteiger partial charge in [-0.05, 0) is 31.9 Å². The predicted molar refractivity (Wildman–Crippen MR) is 60.9 cm³/mol.